The number of carbonyl (C=O) groups excluding carboxylic acids is 1. The predicted molar refractivity (Wildman–Crippen MR) is 68.7 cm³/mol. The second-order valence-electron chi connectivity index (χ2n) is 4.30. The van der Waals surface area contributed by atoms with Crippen molar-refractivity contribution in [3.05, 3.63) is 35.6 Å². The summed E-state index contributed by atoms with van der Waals surface area (Å²) in [7, 11) is 0. The molecule has 3 nitrogen and oxygen atoms in total. The number of amides is 1. The Morgan fingerprint density at radius 1 is 1.44 bits per heavy atom. The molecule has 0 saturated carbocycles. The van der Waals surface area contributed by atoms with Gasteiger partial charge in [0.1, 0.15) is 5.82 Å². The highest BCUT2D eigenvalue weighted by Gasteiger charge is 2.17. The molecule has 18 heavy (non-hydrogen) atoms. The standard InChI is InChI=1S/C14H20FNO2/c1-3-16(11(2)10-17)14(18)9-8-12-6-4-5-7-13(12)15/h4-7,11,17H,3,8-10H2,1-2H3/t11-/m1/s1. The van der Waals surface area contributed by atoms with Crippen LogP contribution < -0.4 is 0 Å². The van der Waals surface area contributed by atoms with Crippen LogP contribution in [0.1, 0.15) is 25.8 Å². The molecule has 4 heteroatoms. The zero-order valence-electron chi connectivity index (χ0n) is 10.9. The molecule has 0 aromatic heterocycles. The summed E-state index contributed by atoms with van der Waals surface area (Å²) in [5.41, 5.74) is 0.554. The van der Waals surface area contributed by atoms with Crippen molar-refractivity contribution in [2.24, 2.45) is 0 Å². The molecule has 0 bridgehead atoms. The fourth-order valence-corrected chi connectivity index (χ4v) is 1.92. The van der Waals surface area contributed by atoms with E-state index in [1.165, 1.54) is 6.07 Å². The molecule has 0 saturated heterocycles. The zero-order chi connectivity index (χ0) is 13.5. The van der Waals surface area contributed by atoms with Crippen LogP contribution in [-0.2, 0) is 11.2 Å². The molecule has 0 aliphatic rings. The van der Waals surface area contributed by atoms with Crippen molar-refractivity contribution in [1.82, 2.24) is 4.90 Å². The SMILES string of the molecule is CCN(C(=O)CCc1ccccc1F)[C@H](C)CO. The molecule has 1 atom stereocenters. The molecule has 1 aromatic rings. The van der Waals surface area contributed by atoms with E-state index in [9.17, 15) is 9.18 Å². The first-order chi connectivity index (χ1) is 8.60. The smallest absolute Gasteiger partial charge is 0.223 e. The first-order valence-electron chi connectivity index (χ1n) is 6.23. The average molecular weight is 253 g/mol. The molecule has 0 heterocycles. The lowest BCUT2D eigenvalue weighted by molar-refractivity contribution is -0.133. The Morgan fingerprint density at radius 2 is 2.11 bits per heavy atom. The minimum atomic E-state index is -0.274. The summed E-state index contributed by atoms with van der Waals surface area (Å²) < 4.78 is 13.4. The number of aryl methyl sites for hydroxylation is 1. The van der Waals surface area contributed by atoms with Gasteiger partial charge in [0.2, 0.25) is 5.91 Å². The number of hydrogen-bond acceptors (Lipinski definition) is 2. The highest BCUT2D eigenvalue weighted by molar-refractivity contribution is 5.76. The Bertz CT molecular complexity index is 395. The third kappa shape index (κ3) is 3.81. The number of benzene rings is 1. The van der Waals surface area contributed by atoms with Crippen LogP contribution >= 0.6 is 0 Å². The van der Waals surface area contributed by atoms with Gasteiger partial charge >= 0.3 is 0 Å². The van der Waals surface area contributed by atoms with Crippen molar-refractivity contribution < 1.29 is 14.3 Å². The van der Waals surface area contributed by atoms with E-state index in [1.807, 2.05) is 6.92 Å². The van der Waals surface area contributed by atoms with Crippen molar-refractivity contribution in [1.29, 1.82) is 0 Å². The van der Waals surface area contributed by atoms with Crippen LogP contribution in [0.2, 0.25) is 0 Å². The van der Waals surface area contributed by atoms with Crippen molar-refractivity contribution in [3.63, 3.8) is 0 Å². The number of aliphatic hydroxyl groups is 1. The Balaban J connectivity index is 2.57. The molecule has 1 amide bonds. The van der Waals surface area contributed by atoms with Gasteiger partial charge in [0.05, 0.1) is 12.6 Å². The first-order valence-corrected chi connectivity index (χ1v) is 6.23. The molecular weight excluding hydrogens is 233 g/mol. The van der Waals surface area contributed by atoms with Crippen LogP contribution in [0.3, 0.4) is 0 Å². The number of nitrogens with zero attached hydrogens (tertiary/aromatic N) is 1. The Labute approximate surface area is 107 Å². The van der Waals surface area contributed by atoms with Gasteiger partial charge in [-0.15, -0.1) is 0 Å². The van der Waals surface area contributed by atoms with Crippen LogP contribution in [0.4, 0.5) is 4.39 Å². The maximum absolute atomic E-state index is 13.4. The molecule has 1 N–H and O–H groups in total. The maximum atomic E-state index is 13.4. The molecule has 100 valence electrons. The number of carbonyl (C=O) groups is 1. The van der Waals surface area contributed by atoms with E-state index >= 15 is 0 Å². The van der Waals surface area contributed by atoms with Crippen molar-refractivity contribution in [3.8, 4) is 0 Å². The summed E-state index contributed by atoms with van der Waals surface area (Å²) in [6, 6.07) is 6.29. The average Bonchev–Trinajstić information content (AvgIpc) is 2.38. The van der Waals surface area contributed by atoms with Crippen molar-refractivity contribution in [2.45, 2.75) is 32.7 Å². The van der Waals surface area contributed by atoms with Gasteiger partial charge in [-0.3, -0.25) is 4.79 Å². The van der Waals surface area contributed by atoms with E-state index in [0.29, 0.717) is 18.5 Å². The van der Waals surface area contributed by atoms with E-state index in [4.69, 9.17) is 5.11 Å². The van der Waals surface area contributed by atoms with Crippen LogP contribution in [0, 0.1) is 5.82 Å². The van der Waals surface area contributed by atoms with E-state index < -0.39 is 0 Å². The molecule has 0 spiro atoms. The van der Waals surface area contributed by atoms with Crippen LogP contribution in [0.15, 0.2) is 24.3 Å². The molecule has 1 rings (SSSR count). The summed E-state index contributed by atoms with van der Waals surface area (Å²) in [5, 5.41) is 9.06. The van der Waals surface area contributed by atoms with E-state index in [-0.39, 0.29) is 30.8 Å². The lowest BCUT2D eigenvalue weighted by Crippen LogP contribution is -2.40. The van der Waals surface area contributed by atoms with E-state index in [0.717, 1.165) is 0 Å². The highest BCUT2D eigenvalue weighted by atomic mass is 19.1. The van der Waals surface area contributed by atoms with Gasteiger partial charge in [-0.05, 0) is 31.9 Å². The van der Waals surface area contributed by atoms with Crippen LogP contribution in [-0.4, -0.2) is 35.1 Å². The quantitative estimate of drug-likeness (QED) is 0.842. The minimum absolute atomic E-state index is 0.0534. The fraction of sp³-hybridized carbons (Fsp3) is 0.500. The third-order valence-corrected chi connectivity index (χ3v) is 3.02. The summed E-state index contributed by atoms with van der Waals surface area (Å²) >= 11 is 0. The molecule has 1 aromatic carbocycles. The topological polar surface area (TPSA) is 40.5 Å². The summed E-state index contributed by atoms with van der Waals surface area (Å²) in [4.78, 5) is 13.6. The second kappa shape index (κ2) is 7.11. The lowest BCUT2D eigenvalue weighted by atomic mass is 10.1. The monoisotopic (exact) mass is 253 g/mol. The number of aliphatic hydroxyl groups excluding tert-OH is 1. The molecular formula is C14H20FNO2. The molecule has 0 fully saturated rings. The molecule has 0 aliphatic carbocycles. The van der Waals surface area contributed by atoms with Gasteiger partial charge in [-0.25, -0.2) is 4.39 Å². The number of rotatable bonds is 6. The largest absolute Gasteiger partial charge is 0.394 e. The van der Waals surface area contributed by atoms with Gasteiger partial charge in [-0.2, -0.15) is 0 Å². The Morgan fingerprint density at radius 3 is 2.67 bits per heavy atom. The van der Waals surface area contributed by atoms with Gasteiger partial charge in [-0.1, -0.05) is 18.2 Å². The van der Waals surface area contributed by atoms with Gasteiger partial charge in [0.25, 0.3) is 0 Å². The van der Waals surface area contributed by atoms with Gasteiger partial charge in [0, 0.05) is 13.0 Å². The number of likely N-dealkylation sites (N-methyl/N-ethyl adjacent to an activating group) is 1. The van der Waals surface area contributed by atoms with E-state index in [2.05, 4.69) is 0 Å². The zero-order valence-corrected chi connectivity index (χ0v) is 10.9. The summed E-state index contributed by atoms with van der Waals surface area (Å²) in [6.07, 6.45) is 0.652. The normalized spacial score (nSPS) is 12.2. The molecule has 0 radical (unpaired) electrons. The van der Waals surface area contributed by atoms with Gasteiger partial charge < -0.3 is 10.0 Å². The molecule has 0 unspecified atom stereocenters. The van der Waals surface area contributed by atoms with Crippen molar-refractivity contribution >= 4 is 5.91 Å². The minimum Gasteiger partial charge on any atom is -0.394 e. The second-order valence-corrected chi connectivity index (χ2v) is 4.30. The number of hydrogen-bond donors (Lipinski definition) is 1. The summed E-state index contributed by atoms with van der Waals surface area (Å²) in [6.45, 7) is 4.16. The van der Waals surface area contributed by atoms with Crippen molar-refractivity contribution in [2.75, 3.05) is 13.2 Å². The van der Waals surface area contributed by atoms with Crippen LogP contribution in [0.25, 0.3) is 0 Å². The van der Waals surface area contributed by atoms with Gasteiger partial charge in [0.15, 0.2) is 0 Å². The highest BCUT2D eigenvalue weighted by Crippen LogP contribution is 2.11. The fourth-order valence-electron chi connectivity index (χ4n) is 1.92. The summed E-state index contributed by atoms with van der Waals surface area (Å²) in [5.74, 6) is -0.328. The maximum Gasteiger partial charge on any atom is 0.223 e. The predicted octanol–water partition coefficient (Wildman–Crippen LogP) is 1.99. The molecule has 0 aliphatic heterocycles. The Kier molecular flexibility index (Phi) is 5.78. The first kappa shape index (κ1) is 14.6. The Hall–Kier alpha value is -1.42. The lowest BCUT2D eigenvalue weighted by Gasteiger charge is -2.26. The number of halogens is 1. The van der Waals surface area contributed by atoms with Crippen LogP contribution in [0.5, 0.6) is 0 Å². The van der Waals surface area contributed by atoms with E-state index in [1.54, 1.807) is 30.0 Å². The third-order valence-electron chi connectivity index (χ3n) is 3.02.